The van der Waals surface area contributed by atoms with Crippen molar-refractivity contribution in [2.75, 3.05) is 26.2 Å². The van der Waals surface area contributed by atoms with E-state index in [2.05, 4.69) is 27.1 Å². The number of aromatic nitrogens is 3. The number of aliphatic hydroxyl groups excluding tert-OH is 1. The van der Waals surface area contributed by atoms with Crippen LogP contribution in [0, 0.1) is 19.8 Å². The summed E-state index contributed by atoms with van der Waals surface area (Å²) in [6.07, 6.45) is 5.22. The van der Waals surface area contributed by atoms with Gasteiger partial charge in [-0.15, -0.1) is 0 Å². The second-order valence-electron chi connectivity index (χ2n) is 7.12. The quantitative estimate of drug-likeness (QED) is 0.833. The van der Waals surface area contributed by atoms with E-state index in [1.54, 1.807) is 12.7 Å². The van der Waals surface area contributed by atoms with Crippen LogP contribution >= 0.6 is 0 Å². The molecule has 0 bridgehead atoms. The van der Waals surface area contributed by atoms with Crippen molar-refractivity contribution in [3.63, 3.8) is 0 Å². The summed E-state index contributed by atoms with van der Waals surface area (Å²) in [7, 11) is 0. The van der Waals surface area contributed by atoms with Gasteiger partial charge in [-0.25, -0.2) is 4.98 Å². The fraction of sp³-hybridized carbons (Fsp3) is 0.579. The maximum atomic E-state index is 10.4. The molecule has 2 heterocycles. The fourth-order valence-corrected chi connectivity index (χ4v) is 3.46. The number of aryl methyl sites for hydroxylation is 2. The predicted molar refractivity (Wildman–Crippen MR) is 96.6 cm³/mol. The molecule has 1 aromatic carbocycles. The molecule has 0 unspecified atom stereocenters. The molecule has 0 radical (unpaired) electrons. The van der Waals surface area contributed by atoms with E-state index in [4.69, 9.17) is 4.74 Å². The molecule has 1 saturated heterocycles. The van der Waals surface area contributed by atoms with Crippen molar-refractivity contribution in [2.45, 2.75) is 39.3 Å². The first kappa shape index (κ1) is 17.9. The summed E-state index contributed by atoms with van der Waals surface area (Å²) in [5.74, 6) is 1.42. The number of piperidine rings is 1. The Labute approximate surface area is 149 Å². The second-order valence-corrected chi connectivity index (χ2v) is 7.12. The molecule has 2 aromatic rings. The number of nitrogens with zero attached hydrogens (tertiary/aromatic N) is 4. The number of benzene rings is 1. The van der Waals surface area contributed by atoms with Crippen molar-refractivity contribution in [1.82, 2.24) is 19.7 Å². The molecule has 1 fully saturated rings. The van der Waals surface area contributed by atoms with Crippen molar-refractivity contribution < 1.29 is 9.84 Å². The first-order valence-electron chi connectivity index (χ1n) is 9.03. The van der Waals surface area contributed by atoms with Crippen molar-refractivity contribution >= 4 is 0 Å². The van der Waals surface area contributed by atoms with E-state index in [0.29, 0.717) is 19.1 Å². The maximum Gasteiger partial charge on any atom is 0.137 e. The number of likely N-dealkylation sites (tertiary alicyclic amines) is 1. The topological polar surface area (TPSA) is 63.4 Å². The highest BCUT2D eigenvalue weighted by molar-refractivity contribution is 5.35. The molecule has 0 amide bonds. The smallest absolute Gasteiger partial charge is 0.137 e. The van der Waals surface area contributed by atoms with E-state index < -0.39 is 6.10 Å². The third-order valence-corrected chi connectivity index (χ3v) is 4.76. The van der Waals surface area contributed by atoms with Crippen LogP contribution in [0.1, 0.15) is 24.0 Å². The largest absolute Gasteiger partial charge is 0.491 e. The fourth-order valence-electron chi connectivity index (χ4n) is 3.46. The lowest BCUT2D eigenvalue weighted by Crippen LogP contribution is -2.42. The standard InChI is InChI=1S/C19H28N4O2/c1-15-5-6-16(2)19(8-15)25-12-18(24)11-22-7-3-4-17(9-22)10-23-14-20-13-21-23/h5-6,8,13-14,17-18,24H,3-4,7,9-12H2,1-2H3/t17-,18-/m1/s1. The van der Waals surface area contributed by atoms with E-state index >= 15 is 0 Å². The molecule has 136 valence electrons. The van der Waals surface area contributed by atoms with Crippen LogP contribution in [0.2, 0.25) is 0 Å². The summed E-state index contributed by atoms with van der Waals surface area (Å²) in [5.41, 5.74) is 2.27. The van der Waals surface area contributed by atoms with Crippen LogP contribution < -0.4 is 4.74 Å². The minimum Gasteiger partial charge on any atom is -0.491 e. The van der Waals surface area contributed by atoms with E-state index in [-0.39, 0.29) is 0 Å². The van der Waals surface area contributed by atoms with Crippen molar-refractivity contribution in [2.24, 2.45) is 5.92 Å². The maximum absolute atomic E-state index is 10.4. The zero-order chi connectivity index (χ0) is 17.6. The lowest BCUT2D eigenvalue weighted by Gasteiger charge is -2.33. The normalized spacial score (nSPS) is 19.7. The van der Waals surface area contributed by atoms with Gasteiger partial charge in [-0.1, -0.05) is 12.1 Å². The zero-order valence-corrected chi connectivity index (χ0v) is 15.1. The highest BCUT2D eigenvalue weighted by Crippen LogP contribution is 2.20. The lowest BCUT2D eigenvalue weighted by atomic mass is 9.98. The molecule has 0 aliphatic carbocycles. The molecule has 1 aliphatic heterocycles. The average Bonchev–Trinajstić information content (AvgIpc) is 3.09. The van der Waals surface area contributed by atoms with Crippen LogP contribution in [-0.4, -0.2) is 57.1 Å². The molecule has 3 rings (SSSR count). The van der Waals surface area contributed by atoms with Crippen LogP contribution in [0.5, 0.6) is 5.75 Å². The molecule has 1 aliphatic rings. The molecule has 6 heteroatoms. The van der Waals surface area contributed by atoms with Gasteiger partial charge in [0.2, 0.25) is 0 Å². The SMILES string of the molecule is Cc1ccc(C)c(OC[C@H](O)CN2CCC[C@@H](Cn3cncn3)C2)c1. The average molecular weight is 344 g/mol. The highest BCUT2D eigenvalue weighted by Gasteiger charge is 2.22. The Hall–Kier alpha value is -1.92. The van der Waals surface area contributed by atoms with Gasteiger partial charge in [0.05, 0.1) is 0 Å². The minimum absolute atomic E-state index is 0.328. The first-order valence-corrected chi connectivity index (χ1v) is 9.03. The van der Waals surface area contributed by atoms with Crippen molar-refractivity contribution in [3.8, 4) is 5.75 Å². The summed E-state index contributed by atoms with van der Waals surface area (Å²) < 4.78 is 7.73. The Bertz CT molecular complexity index is 659. The third kappa shape index (κ3) is 5.28. The Kier molecular flexibility index (Phi) is 6.04. The van der Waals surface area contributed by atoms with E-state index in [0.717, 1.165) is 37.4 Å². The van der Waals surface area contributed by atoms with Crippen LogP contribution in [0.3, 0.4) is 0 Å². The number of rotatable bonds is 7. The first-order chi connectivity index (χ1) is 12.1. The zero-order valence-electron chi connectivity index (χ0n) is 15.1. The van der Waals surface area contributed by atoms with Gasteiger partial charge in [0.25, 0.3) is 0 Å². The molecule has 6 nitrogen and oxygen atoms in total. The van der Waals surface area contributed by atoms with E-state index in [1.807, 2.05) is 24.6 Å². The van der Waals surface area contributed by atoms with Crippen LogP contribution in [0.15, 0.2) is 30.9 Å². The van der Waals surface area contributed by atoms with Gasteiger partial charge in [-0.3, -0.25) is 4.68 Å². The predicted octanol–water partition coefficient (Wildman–Crippen LogP) is 2.05. The van der Waals surface area contributed by atoms with Gasteiger partial charge in [0.1, 0.15) is 31.1 Å². The van der Waals surface area contributed by atoms with Crippen molar-refractivity contribution in [1.29, 1.82) is 0 Å². The number of hydrogen-bond donors (Lipinski definition) is 1. The van der Waals surface area contributed by atoms with Crippen molar-refractivity contribution in [3.05, 3.63) is 42.0 Å². The van der Waals surface area contributed by atoms with E-state index in [1.165, 1.54) is 12.0 Å². The third-order valence-electron chi connectivity index (χ3n) is 4.76. The number of β-amino-alcohol motifs (C(OH)–C–C–N with tert-alkyl or cyclic N) is 1. The molecular formula is C19H28N4O2. The van der Waals surface area contributed by atoms with Crippen LogP contribution in [0.4, 0.5) is 0 Å². The summed E-state index contributed by atoms with van der Waals surface area (Å²) in [4.78, 5) is 6.34. The summed E-state index contributed by atoms with van der Waals surface area (Å²) in [6.45, 7) is 7.97. The molecule has 0 saturated carbocycles. The number of hydrogen-bond acceptors (Lipinski definition) is 5. The lowest BCUT2D eigenvalue weighted by molar-refractivity contribution is 0.0493. The monoisotopic (exact) mass is 344 g/mol. The van der Waals surface area contributed by atoms with Gasteiger partial charge in [-0.2, -0.15) is 5.10 Å². The molecule has 25 heavy (non-hydrogen) atoms. The summed E-state index contributed by atoms with van der Waals surface area (Å²) in [6, 6.07) is 6.15. The molecule has 1 aromatic heterocycles. The molecule has 2 atom stereocenters. The minimum atomic E-state index is -0.481. The highest BCUT2D eigenvalue weighted by atomic mass is 16.5. The number of aliphatic hydroxyl groups is 1. The number of ether oxygens (including phenoxy) is 1. The van der Waals surface area contributed by atoms with E-state index in [9.17, 15) is 5.11 Å². The Morgan fingerprint density at radius 2 is 2.24 bits per heavy atom. The Morgan fingerprint density at radius 1 is 1.36 bits per heavy atom. The molecular weight excluding hydrogens is 316 g/mol. The summed E-state index contributed by atoms with van der Waals surface area (Å²) >= 11 is 0. The van der Waals surface area contributed by atoms with Crippen LogP contribution in [-0.2, 0) is 6.54 Å². The Balaban J connectivity index is 1.45. The van der Waals surface area contributed by atoms with Gasteiger partial charge in [-0.05, 0) is 56.3 Å². The van der Waals surface area contributed by atoms with Gasteiger partial charge in [0.15, 0.2) is 0 Å². The Morgan fingerprint density at radius 3 is 3.04 bits per heavy atom. The second kappa shape index (κ2) is 8.45. The molecule has 0 spiro atoms. The van der Waals surface area contributed by atoms with Gasteiger partial charge in [0, 0.05) is 19.6 Å². The summed E-state index contributed by atoms with van der Waals surface area (Å²) in [5, 5.41) is 14.6. The molecule has 1 N–H and O–H groups in total. The van der Waals surface area contributed by atoms with Gasteiger partial charge >= 0.3 is 0 Å². The van der Waals surface area contributed by atoms with Crippen LogP contribution in [0.25, 0.3) is 0 Å². The van der Waals surface area contributed by atoms with Gasteiger partial charge < -0.3 is 14.7 Å².